The summed E-state index contributed by atoms with van der Waals surface area (Å²) < 4.78 is 34.5. The van der Waals surface area contributed by atoms with E-state index in [-0.39, 0.29) is 22.8 Å². The van der Waals surface area contributed by atoms with Crippen LogP contribution in [0.25, 0.3) is 16.6 Å². The number of hydrogen-bond acceptors (Lipinski definition) is 6. The molecule has 0 bridgehead atoms. The summed E-state index contributed by atoms with van der Waals surface area (Å²) in [5.74, 6) is 0.893. The number of fused-ring (bicyclic) bond motifs is 1. The molecular formula is C22H20N4O4S. The topological polar surface area (TPSA) is 116 Å². The van der Waals surface area contributed by atoms with E-state index in [1.165, 1.54) is 28.8 Å². The number of nitrogens with zero attached hydrogens (tertiary/aromatic N) is 2. The number of hydrogen-bond donors (Lipinski definition) is 2. The zero-order valence-corrected chi connectivity index (χ0v) is 17.5. The number of anilines is 1. The van der Waals surface area contributed by atoms with Gasteiger partial charge in [-0.05, 0) is 60.7 Å². The van der Waals surface area contributed by atoms with Gasteiger partial charge in [-0.1, -0.05) is 12.1 Å². The van der Waals surface area contributed by atoms with Crippen molar-refractivity contribution in [2.75, 3.05) is 12.8 Å². The number of ether oxygens (including phenoxy) is 1. The van der Waals surface area contributed by atoms with Crippen molar-refractivity contribution in [3.8, 4) is 11.4 Å². The lowest BCUT2D eigenvalue weighted by molar-refractivity contribution is 0.414. The van der Waals surface area contributed by atoms with Crippen molar-refractivity contribution < 1.29 is 13.2 Å². The fourth-order valence-corrected chi connectivity index (χ4v) is 4.16. The lowest BCUT2D eigenvalue weighted by Crippen LogP contribution is -2.30. The molecule has 0 unspecified atom stereocenters. The summed E-state index contributed by atoms with van der Waals surface area (Å²) in [6, 6.07) is 19.7. The van der Waals surface area contributed by atoms with E-state index in [0.29, 0.717) is 28.0 Å². The summed E-state index contributed by atoms with van der Waals surface area (Å²) in [5, 5.41) is 0.434. The molecule has 3 N–H and O–H groups in total. The van der Waals surface area contributed by atoms with Gasteiger partial charge in [-0.2, -0.15) is 0 Å². The van der Waals surface area contributed by atoms with Gasteiger partial charge in [0, 0.05) is 5.69 Å². The Morgan fingerprint density at radius 3 is 2.35 bits per heavy atom. The van der Waals surface area contributed by atoms with Gasteiger partial charge < -0.3 is 10.5 Å². The van der Waals surface area contributed by atoms with Gasteiger partial charge in [0.05, 0.1) is 35.1 Å². The molecule has 0 radical (unpaired) electrons. The molecule has 0 spiro atoms. The second-order valence-electron chi connectivity index (χ2n) is 6.78. The number of nitrogens with two attached hydrogens (primary N) is 1. The van der Waals surface area contributed by atoms with Crippen LogP contribution in [-0.4, -0.2) is 25.1 Å². The monoisotopic (exact) mass is 436 g/mol. The number of nitrogens with one attached hydrogen (secondary N) is 1. The minimum Gasteiger partial charge on any atom is -0.497 e. The standard InChI is InChI=1S/C22H20N4O4S/c1-30-17-10-8-16(9-11-17)26-21(25-20-5-3-2-4-19(20)22(26)27)14-24-31(28,29)18-12-6-15(23)7-13-18/h2-13,24H,14,23H2,1H3. The van der Waals surface area contributed by atoms with Crippen LogP contribution in [0.4, 0.5) is 5.69 Å². The molecule has 9 heteroatoms. The number of para-hydroxylation sites is 1. The van der Waals surface area contributed by atoms with E-state index in [9.17, 15) is 13.2 Å². The lowest BCUT2D eigenvalue weighted by Gasteiger charge is -2.15. The van der Waals surface area contributed by atoms with Gasteiger partial charge in [0.15, 0.2) is 0 Å². The van der Waals surface area contributed by atoms with Gasteiger partial charge in [0.25, 0.3) is 5.56 Å². The number of sulfonamides is 1. The first-order chi connectivity index (χ1) is 14.9. The molecule has 0 aliphatic rings. The van der Waals surface area contributed by atoms with E-state index in [2.05, 4.69) is 9.71 Å². The predicted octanol–water partition coefficient (Wildman–Crippen LogP) is 2.46. The van der Waals surface area contributed by atoms with Crippen molar-refractivity contribution >= 4 is 26.6 Å². The molecule has 0 aliphatic carbocycles. The summed E-state index contributed by atoms with van der Waals surface area (Å²) in [5.41, 5.74) is 6.84. The third-order valence-electron chi connectivity index (χ3n) is 4.79. The molecule has 0 saturated carbocycles. The third kappa shape index (κ3) is 4.14. The first-order valence-corrected chi connectivity index (χ1v) is 10.9. The zero-order chi connectivity index (χ0) is 22.0. The summed E-state index contributed by atoms with van der Waals surface area (Å²) in [6.07, 6.45) is 0. The summed E-state index contributed by atoms with van der Waals surface area (Å²) >= 11 is 0. The third-order valence-corrected chi connectivity index (χ3v) is 6.20. The molecule has 3 aromatic carbocycles. The Labute approximate surface area is 179 Å². The first kappa shape index (κ1) is 20.6. The SMILES string of the molecule is COc1ccc(-n2c(CNS(=O)(=O)c3ccc(N)cc3)nc3ccccc3c2=O)cc1. The van der Waals surface area contributed by atoms with Crippen molar-refractivity contribution in [2.24, 2.45) is 0 Å². The molecule has 4 rings (SSSR count). The summed E-state index contributed by atoms with van der Waals surface area (Å²) in [7, 11) is -2.28. The lowest BCUT2D eigenvalue weighted by atomic mass is 10.2. The van der Waals surface area contributed by atoms with Gasteiger partial charge in [-0.3, -0.25) is 9.36 Å². The maximum Gasteiger partial charge on any atom is 0.266 e. The average molecular weight is 436 g/mol. The summed E-state index contributed by atoms with van der Waals surface area (Å²) in [6.45, 7) is -0.182. The molecule has 4 aromatic rings. The van der Waals surface area contributed by atoms with E-state index >= 15 is 0 Å². The predicted molar refractivity (Wildman–Crippen MR) is 119 cm³/mol. The molecule has 0 fully saturated rings. The van der Waals surface area contributed by atoms with Gasteiger partial charge >= 0.3 is 0 Å². The Hall–Kier alpha value is -3.69. The number of aromatic nitrogens is 2. The fraction of sp³-hybridized carbons (Fsp3) is 0.0909. The minimum absolute atomic E-state index is 0.0702. The maximum atomic E-state index is 13.2. The van der Waals surface area contributed by atoms with E-state index in [4.69, 9.17) is 10.5 Å². The fourth-order valence-electron chi connectivity index (χ4n) is 3.18. The van der Waals surface area contributed by atoms with Crippen LogP contribution in [0.3, 0.4) is 0 Å². The van der Waals surface area contributed by atoms with Gasteiger partial charge in [0.1, 0.15) is 11.6 Å². The highest BCUT2D eigenvalue weighted by Gasteiger charge is 2.18. The van der Waals surface area contributed by atoms with Gasteiger partial charge in [0.2, 0.25) is 10.0 Å². The van der Waals surface area contributed by atoms with Crippen LogP contribution in [0, 0.1) is 0 Å². The molecule has 0 aliphatic heterocycles. The molecule has 0 saturated heterocycles. The maximum absolute atomic E-state index is 13.2. The minimum atomic E-state index is -3.83. The highest BCUT2D eigenvalue weighted by atomic mass is 32.2. The second kappa shape index (κ2) is 8.21. The second-order valence-corrected chi connectivity index (χ2v) is 8.54. The molecule has 1 heterocycles. The van der Waals surface area contributed by atoms with Crippen molar-refractivity contribution in [3.05, 3.63) is 89.0 Å². The highest BCUT2D eigenvalue weighted by molar-refractivity contribution is 7.89. The van der Waals surface area contributed by atoms with Crippen molar-refractivity contribution in [3.63, 3.8) is 0 Å². The largest absolute Gasteiger partial charge is 0.497 e. The van der Waals surface area contributed by atoms with Crippen LogP contribution in [0.15, 0.2) is 82.5 Å². The number of benzene rings is 3. The van der Waals surface area contributed by atoms with Gasteiger partial charge in [-0.25, -0.2) is 18.1 Å². The van der Waals surface area contributed by atoms with Crippen LogP contribution in [0.5, 0.6) is 5.75 Å². The summed E-state index contributed by atoms with van der Waals surface area (Å²) in [4.78, 5) is 17.9. The average Bonchev–Trinajstić information content (AvgIpc) is 2.78. The van der Waals surface area contributed by atoms with E-state index in [0.717, 1.165) is 0 Å². The quantitative estimate of drug-likeness (QED) is 0.449. The van der Waals surface area contributed by atoms with Gasteiger partial charge in [-0.15, -0.1) is 0 Å². The molecule has 0 amide bonds. The Kier molecular flexibility index (Phi) is 5.45. The highest BCUT2D eigenvalue weighted by Crippen LogP contribution is 2.18. The van der Waals surface area contributed by atoms with E-state index in [1.807, 2.05) is 0 Å². The Balaban J connectivity index is 1.78. The Morgan fingerprint density at radius 1 is 1.00 bits per heavy atom. The van der Waals surface area contributed by atoms with Crippen LogP contribution >= 0.6 is 0 Å². The molecule has 1 aromatic heterocycles. The van der Waals surface area contributed by atoms with Crippen LogP contribution in [-0.2, 0) is 16.6 Å². The van der Waals surface area contributed by atoms with Crippen molar-refractivity contribution in [1.29, 1.82) is 0 Å². The van der Waals surface area contributed by atoms with E-state index in [1.54, 1.807) is 55.6 Å². The Morgan fingerprint density at radius 2 is 1.68 bits per heavy atom. The molecule has 158 valence electrons. The zero-order valence-electron chi connectivity index (χ0n) is 16.6. The van der Waals surface area contributed by atoms with E-state index < -0.39 is 10.0 Å². The molecule has 31 heavy (non-hydrogen) atoms. The van der Waals surface area contributed by atoms with Crippen molar-refractivity contribution in [2.45, 2.75) is 11.4 Å². The number of rotatable bonds is 6. The van der Waals surface area contributed by atoms with Crippen LogP contribution in [0.2, 0.25) is 0 Å². The molecule has 8 nitrogen and oxygen atoms in total. The normalized spacial score (nSPS) is 11.5. The number of nitrogen functional groups attached to an aromatic ring is 1. The first-order valence-electron chi connectivity index (χ1n) is 9.39. The van der Waals surface area contributed by atoms with Crippen LogP contribution in [0.1, 0.15) is 5.82 Å². The Bertz CT molecular complexity index is 1400. The smallest absolute Gasteiger partial charge is 0.266 e. The molecular weight excluding hydrogens is 416 g/mol. The van der Waals surface area contributed by atoms with Crippen LogP contribution < -0.4 is 20.8 Å². The van der Waals surface area contributed by atoms with Crippen molar-refractivity contribution in [1.82, 2.24) is 14.3 Å². The molecule has 0 atom stereocenters. The number of methoxy groups -OCH3 is 1.